The van der Waals surface area contributed by atoms with Gasteiger partial charge in [0.15, 0.2) is 5.75 Å². The van der Waals surface area contributed by atoms with E-state index in [0.717, 1.165) is 5.56 Å². The molecule has 0 bridgehead atoms. The van der Waals surface area contributed by atoms with Gasteiger partial charge in [-0.25, -0.2) is 0 Å². The quantitative estimate of drug-likeness (QED) is 0.394. The van der Waals surface area contributed by atoms with Crippen LogP contribution in [0.2, 0.25) is 5.02 Å². The summed E-state index contributed by atoms with van der Waals surface area (Å²) in [6, 6.07) is 14.8. The van der Waals surface area contributed by atoms with E-state index in [1.165, 1.54) is 18.2 Å². The lowest BCUT2D eigenvalue weighted by atomic mass is 10.2. The number of benzene rings is 2. The molecule has 0 atom stereocenters. The first-order valence-electron chi connectivity index (χ1n) is 8.99. The van der Waals surface area contributed by atoms with Crippen LogP contribution in [0.15, 0.2) is 67.0 Å². The third-order valence-corrected chi connectivity index (χ3v) is 4.21. The van der Waals surface area contributed by atoms with Gasteiger partial charge in [0.05, 0.1) is 18.0 Å². The second-order valence-electron chi connectivity index (χ2n) is 6.19. The third kappa shape index (κ3) is 6.18. The molecule has 0 fully saturated rings. The summed E-state index contributed by atoms with van der Waals surface area (Å²) >= 11 is 5.76. The highest BCUT2D eigenvalue weighted by molar-refractivity contribution is 6.30. The van der Waals surface area contributed by atoms with Gasteiger partial charge in [-0.05, 0) is 42.5 Å². The summed E-state index contributed by atoms with van der Waals surface area (Å²) < 4.78 is 11.0. The average Bonchev–Trinajstić information content (AvgIpc) is 2.75. The second kappa shape index (κ2) is 10.2. The summed E-state index contributed by atoms with van der Waals surface area (Å²) in [5, 5.41) is 14.0. The Balaban J connectivity index is 1.45. The Morgan fingerprint density at radius 1 is 1.13 bits per heavy atom. The first-order valence-corrected chi connectivity index (χ1v) is 9.37. The number of ether oxygens (including phenoxy) is 2. The van der Waals surface area contributed by atoms with Crippen LogP contribution in [-0.2, 0) is 11.4 Å². The molecule has 0 unspecified atom stereocenters. The smallest absolute Gasteiger partial charge is 0.312 e. The molecule has 0 saturated carbocycles. The van der Waals surface area contributed by atoms with Gasteiger partial charge in [-0.3, -0.25) is 19.9 Å². The Bertz CT molecular complexity index is 1010. The number of halogens is 1. The van der Waals surface area contributed by atoms with E-state index in [-0.39, 0.29) is 35.4 Å². The van der Waals surface area contributed by atoms with E-state index in [2.05, 4.69) is 10.3 Å². The van der Waals surface area contributed by atoms with Crippen molar-refractivity contribution in [2.24, 2.45) is 0 Å². The number of anilines is 1. The van der Waals surface area contributed by atoms with Crippen LogP contribution >= 0.6 is 11.6 Å². The summed E-state index contributed by atoms with van der Waals surface area (Å²) in [6.45, 7) is 0.383. The highest BCUT2D eigenvalue weighted by Gasteiger charge is 2.16. The van der Waals surface area contributed by atoms with Gasteiger partial charge in [-0.15, -0.1) is 0 Å². The number of carbonyl (C=O) groups is 1. The van der Waals surface area contributed by atoms with Crippen molar-refractivity contribution in [2.45, 2.75) is 13.0 Å². The van der Waals surface area contributed by atoms with Crippen LogP contribution in [0.1, 0.15) is 12.0 Å². The third-order valence-electron chi connectivity index (χ3n) is 3.97. The fourth-order valence-electron chi connectivity index (χ4n) is 2.52. The van der Waals surface area contributed by atoms with Crippen LogP contribution in [0, 0.1) is 10.1 Å². The largest absolute Gasteiger partial charge is 0.489 e. The van der Waals surface area contributed by atoms with Gasteiger partial charge in [-0.2, -0.15) is 0 Å². The zero-order valence-corrected chi connectivity index (χ0v) is 16.5. The molecule has 0 aliphatic carbocycles. The van der Waals surface area contributed by atoms with Gasteiger partial charge in [-0.1, -0.05) is 17.7 Å². The topological polar surface area (TPSA) is 104 Å². The first kappa shape index (κ1) is 21.1. The Morgan fingerprint density at radius 3 is 2.63 bits per heavy atom. The highest BCUT2D eigenvalue weighted by atomic mass is 35.5. The number of aromatic nitrogens is 1. The maximum absolute atomic E-state index is 12.1. The number of hydrogen-bond acceptors (Lipinski definition) is 6. The molecular formula is C21H18ClN3O5. The van der Waals surface area contributed by atoms with E-state index in [1.54, 1.807) is 36.7 Å². The van der Waals surface area contributed by atoms with Crippen LogP contribution in [0.5, 0.6) is 11.5 Å². The van der Waals surface area contributed by atoms with Crippen LogP contribution in [0.3, 0.4) is 0 Å². The summed E-state index contributed by atoms with van der Waals surface area (Å²) in [6.07, 6.45) is 3.46. The highest BCUT2D eigenvalue weighted by Crippen LogP contribution is 2.30. The Hall–Kier alpha value is -3.65. The van der Waals surface area contributed by atoms with Gasteiger partial charge >= 0.3 is 5.69 Å². The maximum Gasteiger partial charge on any atom is 0.312 e. The number of nitro benzene ring substituents is 1. The molecule has 0 aliphatic rings. The van der Waals surface area contributed by atoms with Crippen molar-refractivity contribution in [3.63, 3.8) is 0 Å². The molecule has 30 heavy (non-hydrogen) atoms. The Morgan fingerprint density at radius 2 is 1.93 bits per heavy atom. The number of nitrogens with zero attached hydrogens (tertiary/aromatic N) is 2. The zero-order valence-electron chi connectivity index (χ0n) is 15.8. The molecule has 1 heterocycles. The van der Waals surface area contributed by atoms with Gasteiger partial charge < -0.3 is 14.8 Å². The standard InChI is InChI=1S/C21H18ClN3O5/c22-16-3-8-20(19(12-16)25(27)28)29-11-9-21(26)24-17-4-6-18(7-5-17)30-14-15-2-1-10-23-13-15/h1-8,10,12-13H,9,11,14H2,(H,24,26). The molecule has 2 aromatic carbocycles. The van der Waals surface area contributed by atoms with E-state index in [1.807, 2.05) is 12.1 Å². The number of hydrogen-bond donors (Lipinski definition) is 1. The predicted molar refractivity (Wildman–Crippen MR) is 112 cm³/mol. The number of nitrogens with one attached hydrogen (secondary N) is 1. The zero-order chi connectivity index (χ0) is 21.3. The number of amides is 1. The minimum atomic E-state index is -0.584. The van der Waals surface area contributed by atoms with Gasteiger partial charge in [0.25, 0.3) is 0 Å². The monoisotopic (exact) mass is 427 g/mol. The van der Waals surface area contributed by atoms with Crippen molar-refractivity contribution in [1.82, 2.24) is 4.98 Å². The molecule has 9 heteroatoms. The summed E-state index contributed by atoms with van der Waals surface area (Å²) in [5.41, 5.74) is 1.31. The second-order valence-corrected chi connectivity index (χ2v) is 6.63. The molecule has 154 valence electrons. The average molecular weight is 428 g/mol. The predicted octanol–water partition coefficient (Wildman–Crippen LogP) is 4.63. The van der Waals surface area contributed by atoms with Gasteiger partial charge in [0, 0.05) is 34.7 Å². The number of rotatable bonds is 9. The lowest BCUT2D eigenvalue weighted by Gasteiger charge is -2.09. The van der Waals surface area contributed by atoms with Crippen molar-refractivity contribution >= 4 is 28.9 Å². The Kier molecular flexibility index (Phi) is 7.18. The lowest BCUT2D eigenvalue weighted by Crippen LogP contribution is -2.15. The molecule has 1 amide bonds. The lowest BCUT2D eigenvalue weighted by molar-refractivity contribution is -0.385. The molecule has 3 aromatic rings. The van der Waals surface area contributed by atoms with Crippen LogP contribution in [0.25, 0.3) is 0 Å². The van der Waals surface area contributed by atoms with Crippen molar-refractivity contribution in [1.29, 1.82) is 0 Å². The summed E-state index contributed by atoms with van der Waals surface area (Å²) in [4.78, 5) is 26.6. The molecule has 0 spiro atoms. The van der Waals surface area contributed by atoms with Crippen molar-refractivity contribution < 1.29 is 19.2 Å². The molecule has 0 aliphatic heterocycles. The van der Waals surface area contributed by atoms with E-state index < -0.39 is 4.92 Å². The van der Waals surface area contributed by atoms with Crippen LogP contribution < -0.4 is 14.8 Å². The fourth-order valence-corrected chi connectivity index (χ4v) is 2.68. The van der Waals surface area contributed by atoms with E-state index in [4.69, 9.17) is 21.1 Å². The van der Waals surface area contributed by atoms with E-state index in [9.17, 15) is 14.9 Å². The van der Waals surface area contributed by atoms with Gasteiger partial charge in [0.1, 0.15) is 12.4 Å². The summed E-state index contributed by atoms with van der Waals surface area (Å²) in [7, 11) is 0. The SMILES string of the molecule is O=C(CCOc1ccc(Cl)cc1[N+](=O)[O-])Nc1ccc(OCc2cccnc2)cc1. The molecule has 0 saturated heterocycles. The molecular weight excluding hydrogens is 410 g/mol. The number of carbonyl (C=O) groups excluding carboxylic acids is 1. The van der Waals surface area contributed by atoms with Crippen molar-refractivity contribution in [3.8, 4) is 11.5 Å². The van der Waals surface area contributed by atoms with Crippen molar-refractivity contribution in [3.05, 3.63) is 87.7 Å². The molecule has 1 aromatic heterocycles. The minimum absolute atomic E-state index is 0.0133. The molecule has 8 nitrogen and oxygen atoms in total. The normalized spacial score (nSPS) is 10.3. The van der Waals surface area contributed by atoms with Gasteiger partial charge in [0.2, 0.25) is 5.91 Å². The molecule has 3 rings (SSSR count). The molecule has 1 N–H and O–H groups in total. The number of pyridine rings is 1. The minimum Gasteiger partial charge on any atom is -0.489 e. The van der Waals surface area contributed by atoms with E-state index in [0.29, 0.717) is 18.0 Å². The van der Waals surface area contributed by atoms with Crippen molar-refractivity contribution in [2.75, 3.05) is 11.9 Å². The van der Waals surface area contributed by atoms with Crippen LogP contribution in [-0.4, -0.2) is 22.4 Å². The van der Waals surface area contributed by atoms with Crippen LogP contribution in [0.4, 0.5) is 11.4 Å². The molecule has 0 radical (unpaired) electrons. The maximum atomic E-state index is 12.1. The first-order chi connectivity index (χ1) is 14.5. The number of nitro groups is 1. The fraction of sp³-hybridized carbons (Fsp3) is 0.143. The van der Waals surface area contributed by atoms with E-state index >= 15 is 0 Å². The summed E-state index contributed by atoms with van der Waals surface area (Å²) in [5.74, 6) is 0.443. The Labute approximate surface area is 177 Å².